The van der Waals surface area contributed by atoms with Gasteiger partial charge in [-0.25, -0.2) is 0 Å². The van der Waals surface area contributed by atoms with Gasteiger partial charge in [0, 0.05) is 48.8 Å². The van der Waals surface area contributed by atoms with Crippen LogP contribution in [0.3, 0.4) is 0 Å². The van der Waals surface area contributed by atoms with Crippen molar-refractivity contribution in [1.29, 1.82) is 0 Å². The Morgan fingerprint density at radius 3 is 2.35 bits per heavy atom. The predicted molar refractivity (Wildman–Crippen MR) is 164 cm³/mol. The summed E-state index contributed by atoms with van der Waals surface area (Å²) >= 11 is 8.51. The number of benzene rings is 1. The largest absolute Gasteiger partial charge is 0.494 e. The average Bonchev–Trinajstić information content (AvgIpc) is 3.55. The van der Waals surface area contributed by atoms with Crippen LogP contribution in [0, 0.1) is 0 Å². The molecule has 40 heavy (non-hydrogen) atoms. The summed E-state index contributed by atoms with van der Waals surface area (Å²) in [5, 5.41) is 6.31. The number of fused-ring (bicyclic) bond motifs is 1. The van der Waals surface area contributed by atoms with Crippen molar-refractivity contribution in [3.63, 3.8) is 0 Å². The smallest absolute Gasteiger partial charge is 0.323 e. The van der Waals surface area contributed by atoms with Crippen molar-refractivity contribution in [1.82, 2.24) is 15.2 Å². The van der Waals surface area contributed by atoms with Crippen molar-refractivity contribution in [3.8, 4) is 5.75 Å². The van der Waals surface area contributed by atoms with E-state index < -0.39 is 6.04 Å². The molecule has 1 aromatic heterocycles. The molecule has 1 aliphatic rings. The van der Waals surface area contributed by atoms with Crippen LogP contribution in [0.5, 0.6) is 5.75 Å². The third-order valence-corrected chi connectivity index (χ3v) is 7.95. The van der Waals surface area contributed by atoms with Gasteiger partial charge in [0.15, 0.2) is 5.78 Å². The van der Waals surface area contributed by atoms with E-state index in [0.29, 0.717) is 55.7 Å². The summed E-state index contributed by atoms with van der Waals surface area (Å²) in [6.45, 7) is 6.80. The van der Waals surface area contributed by atoms with Gasteiger partial charge in [-0.2, -0.15) is 25.3 Å². The van der Waals surface area contributed by atoms with Gasteiger partial charge in [0.2, 0.25) is 5.78 Å². The van der Waals surface area contributed by atoms with Crippen LogP contribution in [0.2, 0.25) is 0 Å². The van der Waals surface area contributed by atoms with Gasteiger partial charge in [0.1, 0.15) is 11.8 Å². The molecule has 0 aliphatic carbocycles. The van der Waals surface area contributed by atoms with E-state index in [1.165, 1.54) is 5.69 Å². The minimum Gasteiger partial charge on any atom is -0.494 e. The second-order valence-corrected chi connectivity index (χ2v) is 10.8. The lowest BCUT2D eigenvalue weighted by Crippen LogP contribution is -2.46. The van der Waals surface area contributed by atoms with Crippen LogP contribution in [0.1, 0.15) is 73.6 Å². The fourth-order valence-electron chi connectivity index (χ4n) is 4.86. The number of aromatic nitrogens is 1. The molecule has 0 saturated carbocycles. The summed E-state index contributed by atoms with van der Waals surface area (Å²) in [5.41, 5.74) is 2.66. The Balaban J connectivity index is 1.29. The summed E-state index contributed by atoms with van der Waals surface area (Å²) in [5.74, 6) is 1.85. The zero-order chi connectivity index (χ0) is 28.9. The number of nitrogens with zero attached hydrogens (tertiary/aromatic N) is 1. The summed E-state index contributed by atoms with van der Waals surface area (Å²) < 4.78 is 13.0. The zero-order valence-corrected chi connectivity index (χ0v) is 25.4. The highest BCUT2D eigenvalue weighted by atomic mass is 32.1. The van der Waals surface area contributed by atoms with E-state index in [4.69, 9.17) is 9.47 Å². The number of carbonyl (C=O) groups excluding carboxylic acids is 3. The highest BCUT2D eigenvalue weighted by Crippen LogP contribution is 2.30. The molecule has 3 atom stereocenters. The Kier molecular flexibility index (Phi) is 13.6. The number of ketones is 2. The van der Waals surface area contributed by atoms with E-state index in [0.717, 1.165) is 43.7 Å². The zero-order valence-electron chi connectivity index (χ0n) is 23.6. The van der Waals surface area contributed by atoms with Gasteiger partial charge in [0.05, 0.1) is 24.9 Å². The topological polar surface area (TPSA) is 98.7 Å². The third-order valence-electron chi connectivity index (χ3n) is 7.22. The molecule has 1 aliphatic heterocycles. The molecule has 0 spiro atoms. The number of thiol groups is 2. The molecule has 8 nitrogen and oxygen atoms in total. The monoisotopic (exact) mass is 589 g/mol. The van der Waals surface area contributed by atoms with E-state index >= 15 is 0 Å². The van der Waals surface area contributed by atoms with Crippen molar-refractivity contribution in [2.75, 3.05) is 37.8 Å². The third kappa shape index (κ3) is 9.12. The molecule has 0 unspecified atom stereocenters. The lowest BCUT2D eigenvalue weighted by molar-refractivity contribution is -0.145. The van der Waals surface area contributed by atoms with Gasteiger partial charge >= 0.3 is 5.97 Å². The van der Waals surface area contributed by atoms with Gasteiger partial charge in [-0.1, -0.05) is 6.92 Å². The van der Waals surface area contributed by atoms with Crippen LogP contribution >= 0.6 is 25.3 Å². The van der Waals surface area contributed by atoms with Gasteiger partial charge in [-0.05, 0) is 74.9 Å². The van der Waals surface area contributed by atoms with Crippen LogP contribution in [-0.2, 0) is 20.9 Å². The Labute approximate surface area is 248 Å². The van der Waals surface area contributed by atoms with Gasteiger partial charge < -0.3 is 24.7 Å². The maximum absolute atomic E-state index is 13.0. The highest BCUT2D eigenvalue weighted by Gasteiger charge is 2.24. The minimum absolute atomic E-state index is 0.0420. The van der Waals surface area contributed by atoms with Gasteiger partial charge in [-0.3, -0.25) is 14.4 Å². The van der Waals surface area contributed by atoms with Crippen molar-refractivity contribution < 1.29 is 23.9 Å². The number of hydrogen-bond donors (Lipinski definition) is 4. The van der Waals surface area contributed by atoms with E-state index in [9.17, 15) is 14.4 Å². The first-order valence-corrected chi connectivity index (χ1v) is 15.5. The van der Waals surface area contributed by atoms with Crippen molar-refractivity contribution in [3.05, 3.63) is 53.3 Å². The molecule has 0 amide bonds. The second-order valence-electron chi connectivity index (χ2n) is 10.1. The van der Waals surface area contributed by atoms with Crippen LogP contribution < -0.4 is 15.4 Å². The summed E-state index contributed by atoms with van der Waals surface area (Å²) in [4.78, 5) is 37.4. The number of esters is 1. The molecule has 220 valence electrons. The van der Waals surface area contributed by atoms with E-state index in [1.807, 2.05) is 30.3 Å². The summed E-state index contributed by atoms with van der Waals surface area (Å²) in [6, 6.07) is 10.5. The number of hydrogen-bond acceptors (Lipinski definition) is 9. The first kappa shape index (κ1) is 32.2. The van der Waals surface area contributed by atoms with Crippen LogP contribution in [0.25, 0.3) is 0 Å². The highest BCUT2D eigenvalue weighted by molar-refractivity contribution is 7.80. The molecule has 0 saturated heterocycles. The first-order valence-electron chi connectivity index (χ1n) is 14.2. The number of ether oxygens (including phenoxy) is 2. The number of carbonyl (C=O) groups is 3. The Bertz CT molecular complexity index is 1110. The first-order chi connectivity index (χ1) is 19.4. The Hall–Kier alpha value is -2.27. The Morgan fingerprint density at radius 2 is 1.68 bits per heavy atom. The van der Waals surface area contributed by atoms with Crippen molar-refractivity contribution in [2.24, 2.45) is 0 Å². The van der Waals surface area contributed by atoms with Crippen LogP contribution in [0.4, 0.5) is 0 Å². The average molecular weight is 590 g/mol. The number of nitrogens with one attached hydrogen (secondary N) is 2. The molecule has 0 bridgehead atoms. The van der Waals surface area contributed by atoms with Crippen LogP contribution in [0.15, 0.2) is 36.4 Å². The van der Waals surface area contributed by atoms with Crippen molar-refractivity contribution in [2.45, 2.75) is 70.5 Å². The SMILES string of the molecule is CCOC(=O)[C@H](CS)NCCN[C@@H](CS)C(=O)CCCCCOc1ccc(C(=O)c2ccc3n2CC[C@@H]3C)cc1. The summed E-state index contributed by atoms with van der Waals surface area (Å²) in [7, 11) is 0. The fourth-order valence-corrected chi connectivity index (χ4v) is 5.47. The van der Waals surface area contributed by atoms with E-state index in [1.54, 1.807) is 6.92 Å². The molecule has 1 aromatic carbocycles. The maximum Gasteiger partial charge on any atom is 0.323 e. The number of Topliss-reactive ketones (excluding diaryl/α,β-unsaturated/α-hetero) is 1. The normalized spacial score (nSPS) is 15.8. The van der Waals surface area contributed by atoms with Crippen LogP contribution in [-0.4, -0.2) is 72.0 Å². The number of rotatable bonds is 19. The molecule has 0 fully saturated rings. The molecule has 2 aromatic rings. The molecular weight excluding hydrogens is 546 g/mol. The minimum atomic E-state index is -0.465. The van der Waals surface area contributed by atoms with E-state index in [-0.39, 0.29) is 23.6 Å². The Morgan fingerprint density at radius 1 is 0.975 bits per heavy atom. The molecule has 2 heterocycles. The van der Waals surface area contributed by atoms with Crippen molar-refractivity contribution >= 4 is 42.8 Å². The predicted octanol–water partition coefficient (Wildman–Crippen LogP) is 4.07. The summed E-state index contributed by atoms with van der Waals surface area (Å²) in [6.07, 6.45) is 4.06. The van der Waals surface area contributed by atoms with E-state index in [2.05, 4.69) is 53.4 Å². The molecule has 2 N–H and O–H groups in total. The van der Waals surface area contributed by atoms with Gasteiger partial charge in [0.25, 0.3) is 0 Å². The number of unbranched alkanes of at least 4 members (excludes halogenated alkanes) is 2. The molecular formula is C30H43N3O5S2. The maximum atomic E-state index is 13.0. The lowest BCUT2D eigenvalue weighted by atomic mass is 10.1. The lowest BCUT2D eigenvalue weighted by Gasteiger charge is -2.18. The fraction of sp³-hybridized carbons (Fsp3) is 0.567. The molecule has 0 radical (unpaired) electrons. The van der Waals surface area contributed by atoms with Gasteiger partial charge in [-0.15, -0.1) is 0 Å². The second kappa shape index (κ2) is 16.9. The molecule has 3 rings (SSSR count). The molecule has 10 heteroatoms. The quantitative estimate of drug-likeness (QED) is 0.0849. The standard InChI is InChI=1S/C30H43N3O5S2/c1-3-37-30(36)25(20-40)32-16-15-31-24(19-39)28(34)7-5-4-6-18-38-23-10-8-22(9-11-23)29(35)27-13-12-26-21(2)14-17-33(26)27/h8-13,21,24-25,31-32,39-40H,3-7,14-20H2,1-2H3/t21-,24-,25-/m0/s1.